The molecule has 0 aliphatic rings. The lowest BCUT2D eigenvalue weighted by Crippen LogP contribution is -2.86. The zero-order chi connectivity index (χ0) is 19.2. The molecule has 0 unspecified atom stereocenters. The van der Waals surface area contributed by atoms with Gasteiger partial charge in [0, 0.05) is 16.8 Å². The first-order chi connectivity index (χ1) is 13.0. The van der Waals surface area contributed by atoms with Crippen LogP contribution < -0.4 is 10.6 Å². The fourth-order valence-electron chi connectivity index (χ4n) is 2.88. The maximum Gasteiger partial charge on any atom is 0.279 e. The van der Waals surface area contributed by atoms with Gasteiger partial charge in [0.25, 0.3) is 5.91 Å². The van der Waals surface area contributed by atoms with Crippen LogP contribution in [0.3, 0.4) is 0 Å². The highest BCUT2D eigenvalue weighted by Crippen LogP contribution is 2.27. The van der Waals surface area contributed by atoms with Gasteiger partial charge in [0.1, 0.15) is 6.04 Å². The number of quaternary nitrogens is 1. The lowest BCUT2D eigenvalue weighted by Gasteiger charge is -2.13. The molecule has 0 saturated carbocycles. The average molecular weight is 367 g/mol. The predicted octanol–water partition coefficient (Wildman–Crippen LogP) is 3.89. The average Bonchev–Trinajstić information content (AvgIpc) is 2.69. The van der Waals surface area contributed by atoms with Crippen molar-refractivity contribution in [3.05, 3.63) is 90.0 Å². The van der Waals surface area contributed by atoms with Gasteiger partial charge in [-0.2, -0.15) is 0 Å². The number of hydrogen-bond acceptors (Lipinski definition) is 1. The minimum Gasteiger partial charge on any atom is -0.333 e. The summed E-state index contributed by atoms with van der Waals surface area (Å²) in [6.45, 7) is 2.02. The normalized spacial score (nSPS) is 11.8. The summed E-state index contributed by atoms with van der Waals surface area (Å²) < 4.78 is 26.4. The number of carbonyl (C=O) groups excluding carboxylic acids is 1. The Morgan fingerprint density at radius 1 is 0.963 bits per heavy atom. The van der Waals surface area contributed by atoms with E-state index < -0.39 is 11.6 Å². The minimum atomic E-state index is -0.881. The molecule has 1 atom stereocenters. The van der Waals surface area contributed by atoms with E-state index in [4.69, 9.17) is 0 Å². The second-order valence-corrected chi connectivity index (χ2v) is 6.36. The first kappa shape index (κ1) is 18.7. The molecular formula is C22H21F2N2O+. The smallest absolute Gasteiger partial charge is 0.279 e. The Morgan fingerprint density at radius 3 is 2.41 bits per heavy atom. The van der Waals surface area contributed by atoms with E-state index in [1.54, 1.807) is 5.32 Å². The van der Waals surface area contributed by atoms with Gasteiger partial charge in [-0.3, -0.25) is 4.79 Å². The first-order valence-corrected chi connectivity index (χ1v) is 8.77. The number of amides is 1. The molecular weight excluding hydrogens is 346 g/mol. The van der Waals surface area contributed by atoms with Crippen LogP contribution in [0.5, 0.6) is 0 Å². The third kappa shape index (κ3) is 4.77. The van der Waals surface area contributed by atoms with Gasteiger partial charge in [-0.15, -0.1) is 0 Å². The van der Waals surface area contributed by atoms with E-state index in [1.807, 2.05) is 61.5 Å². The Morgan fingerprint density at radius 2 is 1.67 bits per heavy atom. The standard InChI is InChI=1S/C22H20F2N2O/c1-15(17-11-12-19(23)20(24)13-17)25-14-22(27)26-21-10-6-5-9-18(21)16-7-3-2-4-8-16/h2-13,15,25H,14H2,1H3,(H,26,27)/p+1/t15-/m0/s1. The molecule has 3 N–H and O–H groups in total. The summed E-state index contributed by atoms with van der Waals surface area (Å²) in [6, 6.07) is 21.1. The van der Waals surface area contributed by atoms with Gasteiger partial charge in [0.05, 0.1) is 0 Å². The van der Waals surface area contributed by atoms with E-state index in [-0.39, 0.29) is 18.5 Å². The number of rotatable bonds is 6. The summed E-state index contributed by atoms with van der Waals surface area (Å²) in [4.78, 5) is 12.4. The van der Waals surface area contributed by atoms with E-state index in [1.165, 1.54) is 12.1 Å². The molecule has 0 aromatic heterocycles. The molecule has 0 radical (unpaired) electrons. The summed E-state index contributed by atoms with van der Waals surface area (Å²) in [5.74, 6) is -1.91. The molecule has 0 spiro atoms. The number of nitrogens with two attached hydrogens (primary N) is 1. The Bertz CT molecular complexity index is 929. The Labute approximate surface area is 157 Å². The molecule has 0 saturated heterocycles. The van der Waals surface area contributed by atoms with Crippen LogP contribution in [0.4, 0.5) is 14.5 Å². The molecule has 27 heavy (non-hydrogen) atoms. The fourth-order valence-corrected chi connectivity index (χ4v) is 2.88. The molecule has 138 valence electrons. The molecule has 0 aliphatic heterocycles. The SMILES string of the molecule is C[C@H]([NH2+]CC(=O)Nc1ccccc1-c1ccccc1)c1ccc(F)c(F)c1. The fraction of sp³-hybridized carbons (Fsp3) is 0.136. The Hall–Kier alpha value is -3.05. The number of nitrogens with one attached hydrogen (secondary N) is 1. The van der Waals surface area contributed by atoms with E-state index in [0.29, 0.717) is 5.56 Å². The molecule has 0 aliphatic carbocycles. The molecule has 5 heteroatoms. The van der Waals surface area contributed by atoms with Gasteiger partial charge in [-0.05, 0) is 36.8 Å². The predicted molar refractivity (Wildman–Crippen MR) is 102 cm³/mol. The van der Waals surface area contributed by atoms with Crippen LogP contribution in [-0.2, 0) is 4.79 Å². The maximum atomic E-state index is 13.4. The summed E-state index contributed by atoms with van der Waals surface area (Å²) >= 11 is 0. The summed E-state index contributed by atoms with van der Waals surface area (Å²) in [7, 11) is 0. The Balaban J connectivity index is 1.64. The molecule has 0 heterocycles. The highest BCUT2D eigenvalue weighted by molar-refractivity contribution is 5.95. The lowest BCUT2D eigenvalue weighted by molar-refractivity contribution is -0.682. The molecule has 3 aromatic carbocycles. The number of benzene rings is 3. The van der Waals surface area contributed by atoms with Crippen LogP contribution in [0.1, 0.15) is 18.5 Å². The number of hydrogen-bond donors (Lipinski definition) is 2. The molecule has 3 aromatic rings. The van der Waals surface area contributed by atoms with Crippen molar-refractivity contribution in [1.82, 2.24) is 0 Å². The third-order valence-corrected chi connectivity index (χ3v) is 4.41. The van der Waals surface area contributed by atoms with Crippen molar-refractivity contribution < 1.29 is 18.9 Å². The Kier molecular flexibility index (Phi) is 5.94. The van der Waals surface area contributed by atoms with E-state index in [9.17, 15) is 13.6 Å². The van der Waals surface area contributed by atoms with Gasteiger partial charge in [-0.1, -0.05) is 48.5 Å². The van der Waals surface area contributed by atoms with Crippen LogP contribution in [0, 0.1) is 11.6 Å². The maximum absolute atomic E-state index is 13.4. The second kappa shape index (κ2) is 8.56. The third-order valence-electron chi connectivity index (χ3n) is 4.41. The van der Waals surface area contributed by atoms with Gasteiger partial charge in [0.2, 0.25) is 0 Å². The topological polar surface area (TPSA) is 45.7 Å². The van der Waals surface area contributed by atoms with Crippen molar-refractivity contribution in [3.8, 4) is 11.1 Å². The van der Waals surface area contributed by atoms with E-state index in [2.05, 4.69) is 5.32 Å². The van der Waals surface area contributed by atoms with Crippen LogP contribution in [0.25, 0.3) is 11.1 Å². The van der Waals surface area contributed by atoms with Gasteiger partial charge in [0.15, 0.2) is 18.2 Å². The van der Waals surface area contributed by atoms with Crippen molar-refractivity contribution in [3.63, 3.8) is 0 Å². The molecule has 1 amide bonds. The highest BCUT2D eigenvalue weighted by Gasteiger charge is 2.15. The first-order valence-electron chi connectivity index (χ1n) is 8.77. The van der Waals surface area contributed by atoms with E-state index >= 15 is 0 Å². The number of halogens is 2. The largest absolute Gasteiger partial charge is 0.333 e. The van der Waals surface area contributed by atoms with Crippen molar-refractivity contribution in [2.75, 3.05) is 11.9 Å². The molecule has 0 bridgehead atoms. The van der Waals surface area contributed by atoms with Crippen molar-refractivity contribution >= 4 is 11.6 Å². The van der Waals surface area contributed by atoms with Crippen LogP contribution in [-0.4, -0.2) is 12.5 Å². The molecule has 3 rings (SSSR count). The monoisotopic (exact) mass is 367 g/mol. The van der Waals surface area contributed by atoms with Crippen molar-refractivity contribution in [1.29, 1.82) is 0 Å². The highest BCUT2D eigenvalue weighted by atomic mass is 19.2. The quantitative estimate of drug-likeness (QED) is 0.682. The summed E-state index contributed by atoms with van der Waals surface area (Å²) in [5.41, 5.74) is 3.33. The van der Waals surface area contributed by atoms with Crippen LogP contribution in [0.15, 0.2) is 72.8 Å². The number of para-hydroxylation sites is 1. The summed E-state index contributed by atoms with van der Waals surface area (Å²) in [5, 5.41) is 4.72. The second-order valence-electron chi connectivity index (χ2n) is 6.36. The zero-order valence-corrected chi connectivity index (χ0v) is 15.0. The zero-order valence-electron chi connectivity index (χ0n) is 15.0. The van der Waals surface area contributed by atoms with Gasteiger partial charge in [-0.25, -0.2) is 8.78 Å². The van der Waals surface area contributed by atoms with Crippen molar-refractivity contribution in [2.45, 2.75) is 13.0 Å². The summed E-state index contributed by atoms with van der Waals surface area (Å²) in [6.07, 6.45) is 0. The van der Waals surface area contributed by atoms with Crippen molar-refractivity contribution in [2.24, 2.45) is 0 Å². The minimum absolute atomic E-state index is 0.159. The van der Waals surface area contributed by atoms with E-state index in [0.717, 1.165) is 22.9 Å². The molecule has 0 fully saturated rings. The van der Waals surface area contributed by atoms with Crippen LogP contribution >= 0.6 is 0 Å². The number of carbonyl (C=O) groups is 1. The molecule has 3 nitrogen and oxygen atoms in total. The van der Waals surface area contributed by atoms with Gasteiger partial charge < -0.3 is 10.6 Å². The van der Waals surface area contributed by atoms with Gasteiger partial charge >= 0.3 is 0 Å². The lowest BCUT2D eigenvalue weighted by atomic mass is 10.0. The number of anilines is 1. The van der Waals surface area contributed by atoms with Crippen LogP contribution in [0.2, 0.25) is 0 Å².